The number of hydrogen-bond acceptors (Lipinski definition) is 2. The summed E-state index contributed by atoms with van der Waals surface area (Å²) in [6.07, 6.45) is 5.63. The Morgan fingerprint density at radius 2 is 1.90 bits per heavy atom. The largest absolute Gasteiger partial charge is 0.352 e. The van der Waals surface area contributed by atoms with E-state index >= 15 is 0 Å². The van der Waals surface area contributed by atoms with Gasteiger partial charge in [0.15, 0.2) is 0 Å². The predicted molar refractivity (Wildman–Crippen MR) is 87.5 cm³/mol. The number of carbonyl (C=O) groups is 1. The topological polar surface area (TPSA) is 55.1 Å². The summed E-state index contributed by atoms with van der Waals surface area (Å²) in [6, 6.07) is 8.35. The summed E-state index contributed by atoms with van der Waals surface area (Å²) in [7, 11) is 0. The van der Waals surface area contributed by atoms with E-state index in [0.29, 0.717) is 24.4 Å². The Labute approximate surface area is 134 Å². The average Bonchev–Trinajstić information content (AvgIpc) is 2.46. The molecule has 0 radical (unpaired) electrons. The number of nitrogens with two attached hydrogens (primary N) is 1. The van der Waals surface area contributed by atoms with Crippen LogP contribution in [0.1, 0.15) is 37.7 Å². The number of halogens is 1. The first-order valence-electron chi connectivity index (χ1n) is 7.92. The molecule has 114 valence electrons. The van der Waals surface area contributed by atoms with Gasteiger partial charge in [0.2, 0.25) is 5.91 Å². The first-order valence-corrected chi connectivity index (χ1v) is 8.71. The van der Waals surface area contributed by atoms with Gasteiger partial charge >= 0.3 is 0 Å². The third kappa shape index (κ3) is 3.32. The molecule has 3 N–H and O–H groups in total. The van der Waals surface area contributed by atoms with Gasteiger partial charge in [-0.1, -0.05) is 40.5 Å². The van der Waals surface area contributed by atoms with Crippen molar-refractivity contribution in [2.45, 2.75) is 44.7 Å². The second kappa shape index (κ2) is 6.49. The molecule has 2 saturated carbocycles. The fraction of sp³-hybridized carbons (Fsp3) is 0.588. The summed E-state index contributed by atoms with van der Waals surface area (Å²) in [5.74, 6) is 1.46. The zero-order valence-electron chi connectivity index (χ0n) is 12.2. The number of carbonyl (C=O) groups excluding carboxylic acids is 1. The summed E-state index contributed by atoms with van der Waals surface area (Å²) < 4.78 is 1.05. The van der Waals surface area contributed by atoms with Gasteiger partial charge in [-0.05, 0) is 49.1 Å². The van der Waals surface area contributed by atoms with Crippen LogP contribution in [0.4, 0.5) is 0 Å². The van der Waals surface area contributed by atoms with Crippen LogP contribution in [0.25, 0.3) is 0 Å². The van der Waals surface area contributed by atoms with Crippen LogP contribution in [0.3, 0.4) is 0 Å². The molecule has 21 heavy (non-hydrogen) atoms. The number of hydrogen-bond donors (Lipinski definition) is 2. The van der Waals surface area contributed by atoms with Gasteiger partial charge in [0.05, 0.1) is 0 Å². The minimum Gasteiger partial charge on any atom is -0.352 e. The zero-order valence-corrected chi connectivity index (χ0v) is 13.8. The highest BCUT2D eigenvalue weighted by molar-refractivity contribution is 9.10. The van der Waals surface area contributed by atoms with Gasteiger partial charge in [0, 0.05) is 23.0 Å². The fourth-order valence-corrected chi connectivity index (χ4v) is 4.40. The van der Waals surface area contributed by atoms with E-state index in [4.69, 9.17) is 5.73 Å². The van der Waals surface area contributed by atoms with Crippen LogP contribution in [0.15, 0.2) is 28.7 Å². The van der Waals surface area contributed by atoms with E-state index in [2.05, 4.69) is 21.2 Å². The van der Waals surface area contributed by atoms with Crippen LogP contribution in [-0.2, 0) is 11.3 Å². The number of amides is 1. The highest BCUT2D eigenvalue weighted by Gasteiger charge is 2.40. The minimum absolute atomic E-state index is 0.155. The maximum absolute atomic E-state index is 12.5. The van der Waals surface area contributed by atoms with E-state index in [0.717, 1.165) is 22.9 Å². The molecule has 1 aromatic carbocycles. The van der Waals surface area contributed by atoms with E-state index in [1.165, 1.54) is 19.3 Å². The van der Waals surface area contributed by atoms with Crippen molar-refractivity contribution in [2.24, 2.45) is 23.5 Å². The molecule has 0 aliphatic heterocycles. The summed E-state index contributed by atoms with van der Waals surface area (Å²) in [4.78, 5) is 12.5. The van der Waals surface area contributed by atoms with Crippen LogP contribution < -0.4 is 11.1 Å². The van der Waals surface area contributed by atoms with Gasteiger partial charge in [0.25, 0.3) is 0 Å². The molecular formula is C17H23BrN2O. The van der Waals surface area contributed by atoms with Crippen molar-refractivity contribution in [1.29, 1.82) is 0 Å². The van der Waals surface area contributed by atoms with Crippen LogP contribution in [0.5, 0.6) is 0 Å². The third-order valence-corrected chi connectivity index (χ3v) is 5.97. The standard InChI is InChI=1S/C17H23BrN2O/c18-15-7-2-1-4-13(15)10-20-17(21)14-8-11-5-3-6-12(9-14)16(11)19/h1-2,4,7,11-12,14,16H,3,5-6,8-10,19H2,(H,20,21). The van der Waals surface area contributed by atoms with Crippen LogP contribution in [0.2, 0.25) is 0 Å². The minimum atomic E-state index is 0.155. The molecule has 3 nitrogen and oxygen atoms in total. The van der Waals surface area contributed by atoms with Gasteiger partial charge in [-0.25, -0.2) is 0 Å². The lowest BCUT2D eigenvalue weighted by Crippen LogP contribution is -2.49. The Balaban J connectivity index is 1.58. The molecule has 0 aromatic heterocycles. The van der Waals surface area contributed by atoms with Gasteiger partial charge in [0.1, 0.15) is 0 Å². The lowest BCUT2D eigenvalue weighted by atomic mass is 9.65. The Morgan fingerprint density at radius 3 is 2.57 bits per heavy atom. The van der Waals surface area contributed by atoms with Crippen LogP contribution in [-0.4, -0.2) is 11.9 Å². The number of rotatable bonds is 3. The van der Waals surface area contributed by atoms with Crippen LogP contribution in [0, 0.1) is 17.8 Å². The monoisotopic (exact) mass is 350 g/mol. The van der Waals surface area contributed by atoms with E-state index in [-0.39, 0.29) is 11.8 Å². The Bertz CT molecular complexity index is 505. The van der Waals surface area contributed by atoms with Gasteiger partial charge in [-0.3, -0.25) is 4.79 Å². The van der Waals surface area contributed by atoms with Crippen molar-refractivity contribution in [3.8, 4) is 0 Å². The van der Waals surface area contributed by atoms with Crippen molar-refractivity contribution >= 4 is 21.8 Å². The molecule has 4 heteroatoms. The van der Waals surface area contributed by atoms with E-state index in [9.17, 15) is 4.79 Å². The predicted octanol–water partition coefficient (Wildman–Crippen LogP) is 3.22. The molecular weight excluding hydrogens is 328 g/mol. The molecule has 2 fully saturated rings. The summed E-state index contributed by atoms with van der Waals surface area (Å²) in [5, 5.41) is 3.10. The first-order chi connectivity index (χ1) is 10.1. The second-order valence-electron chi connectivity index (χ2n) is 6.51. The maximum Gasteiger partial charge on any atom is 0.223 e. The Hall–Kier alpha value is -0.870. The summed E-state index contributed by atoms with van der Waals surface area (Å²) >= 11 is 3.52. The van der Waals surface area contributed by atoms with Gasteiger partial charge in [-0.2, -0.15) is 0 Å². The SMILES string of the molecule is NC1C2CCCC1CC(C(=O)NCc1ccccc1Br)C2. The van der Waals surface area contributed by atoms with Crippen molar-refractivity contribution in [3.63, 3.8) is 0 Å². The highest BCUT2D eigenvalue weighted by atomic mass is 79.9. The number of nitrogens with one attached hydrogen (secondary N) is 1. The average molecular weight is 351 g/mol. The molecule has 2 aliphatic carbocycles. The van der Waals surface area contributed by atoms with Crippen molar-refractivity contribution in [2.75, 3.05) is 0 Å². The highest BCUT2D eigenvalue weighted by Crippen LogP contribution is 2.41. The summed E-state index contributed by atoms with van der Waals surface area (Å²) in [5.41, 5.74) is 7.42. The molecule has 0 heterocycles. The molecule has 2 unspecified atom stereocenters. The molecule has 2 atom stereocenters. The second-order valence-corrected chi connectivity index (χ2v) is 7.36. The lowest BCUT2D eigenvalue weighted by molar-refractivity contribution is -0.128. The summed E-state index contributed by atoms with van der Waals surface area (Å²) in [6.45, 7) is 0.595. The molecule has 1 aromatic rings. The van der Waals surface area contributed by atoms with Gasteiger partial charge in [-0.15, -0.1) is 0 Å². The number of benzene rings is 1. The first kappa shape index (κ1) is 15.0. The maximum atomic E-state index is 12.5. The Morgan fingerprint density at radius 1 is 1.24 bits per heavy atom. The smallest absolute Gasteiger partial charge is 0.223 e. The lowest BCUT2D eigenvalue weighted by Gasteiger charge is -2.43. The number of fused-ring (bicyclic) bond motifs is 2. The normalized spacial score (nSPS) is 31.7. The van der Waals surface area contributed by atoms with Crippen molar-refractivity contribution in [3.05, 3.63) is 34.3 Å². The van der Waals surface area contributed by atoms with E-state index < -0.39 is 0 Å². The zero-order chi connectivity index (χ0) is 14.8. The molecule has 0 spiro atoms. The van der Waals surface area contributed by atoms with Crippen LogP contribution >= 0.6 is 15.9 Å². The van der Waals surface area contributed by atoms with E-state index in [1.807, 2.05) is 24.3 Å². The third-order valence-electron chi connectivity index (χ3n) is 5.19. The van der Waals surface area contributed by atoms with Gasteiger partial charge < -0.3 is 11.1 Å². The molecule has 3 rings (SSSR count). The molecule has 2 bridgehead atoms. The fourth-order valence-electron chi connectivity index (χ4n) is 3.97. The Kier molecular flexibility index (Phi) is 4.65. The molecule has 0 saturated heterocycles. The van der Waals surface area contributed by atoms with Crippen molar-refractivity contribution in [1.82, 2.24) is 5.32 Å². The molecule has 2 aliphatic rings. The quantitative estimate of drug-likeness (QED) is 0.879. The van der Waals surface area contributed by atoms with E-state index in [1.54, 1.807) is 0 Å². The molecule has 1 amide bonds. The van der Waals surface area contributed by atoms with Crippen molar-refractivity contribution < 1.29 is 4.79 Å².